The van der Waals surface area contributed by atoms with Crippen molar-refractivity contribution in [2.45, 2.75) is 51.5 Å². The van der Waals surface area contributed by atoms with Crippen molar-refractivity contribution < 1.29 is 18.8 Å². The van der Waals surface area contributed by atoms with E-state index in [2.05, 4.69) is 15.4 Å². The first kappa shape index (κ1) is 25.5. The number of primary amides is 1. The van der Waals surface area contributed by atoms with Crippen LogP contribution in [0.5, 0.6) is 0 Å². The summed E-state index contributed by atoms with van der Waals surface area (Å²) in [5.41, 5.74) is 7.54. The zero-order chi connectivity index (χ0) is 25.8. The standard InChI is InChI=1S/C26H27ClFN5O3/c1-15-23(19(27)9-10-30-15)18-8-7-17(13-20(18)28)31-26(36)24(16-5-3-2-4-6-16)21-14-22(25(29)35)33(32-21)11-12-34/h7-10,12-14,16,24H,2-6,11H2,1H3,(H2,29,35)(H,31,36)/t24-/m0/s1. The Hall–Kier alpha value is -3.59. The minimum absolute atomic E-state index is 0.0139. The lowest BCUT2D eigenvalue weighted by Gasteiger charge is -2.28. The molecule has 1 saturated carbocycles. The van der Waals surface area contributed by atoms with Crippen molar-refractivity contribution in [3.8, 4) is 11.1 Å². The zero-order valence-corrected chi connectivity index (χ0v) is 20.6. The lowest BCUT2D eigenvalue weighted by atomic mass is 9.78. The summed E-state index contributed by atoms with van der Waals surface area (Å²) >= 11 is 6.27. The van der Waals surface area contributed by atoms with E-state index in [4.69, 9.17) is 17.3 Å². The molecule has 1 atom stereocenters. The zero-order valence-electron chi connectivity index (χ0n) is 19.8. The van der Waals surface area contributed by atoms with Gasteiger partial charge >= 0.3 is 0 Å². The number of rotatable bonds is 8. The molecule has 10 heteroatoms. The Balaban J connectivity index is 1.65. The van der Waals surface area contributed by atoms with Crippen molar-refractivity contribution >= 4 is 35.4 Å². The summed E-state index contributed by atoms with van der Waals surface area (Å²) in [7, 11) is 0. The van der Waals surface area contributed by atoms with Crippen molar-refractivity contribution in [3.05, 3.63) is 64.5 Å². The largest absolute Gasteiger partial charge is 0.364 e. The number of anilines is 1. The highest BCUT2D eigenvalue weighted by molar-refractivity contribution is 6.33. The number of nitrogens with two attached hydrogens (primary N) is 1. The predicted octanol–water partition coefficient (Wildman–Crippen LogP) is 4.65. The first-order valence-electron chi connectivity index (χ1n) is 11.8. The Morgan fingerprint density at radius 3 is 2.64 bits per heavy atom. The van der Waals surface area contributed by atoms with E-state index in [9.17, 15) is 14.4 Å². The Labute approximate surface area is 213 Å². The molecule has 3 N–H and O–H groups in total. The summed E-state index contributed by atoms with van der Waals surface area (Å²) in [6.07, 6.45) is 6.83. The number of carbonyl (C=O) groups is 3. The third kappa shape index (κ3) is 5.31. The van der Waals surface area contributed by atoms with Crippen molar-refractivity contribution in [2.75, 3.05) is 5.32 Å². The maximum absolute atomic E-state index is 15.1. The summed E-state index contributed by atoms with van der Waals surface area (Å²) in [5.74, 6) is -2.35. The van der Waals surface area contributed by atoms with E-state index in [1.54, 1.807) is 31.3 Å². The van der Waals surface area contributed by atoms with E-state index in [0.29, 0.717) is 28.3 Å². The van der Waals surface area contributed by atoms with Gasteiger partial charge in [-0.15, -0.1) is 0 Å². The van der Waals surface area contributed by atoms with Crippen molar-refractivity contribution in [1.82, 2.24) is 14.8 Å². The average Bonchev–Trinajstić information content (AvgIpc) is 3.25. The lowest BCUT2D eigenvalue weighted by Crippen LogP contribution is -2.29. The van der Waals surface area contributed by atoms with Crippen LogP contribution in [0.1, 0.15) is 59.9 Å². The number of pyridine rings is 1. The van der Waals surface area contributed by atoms with E-state index >= 15 is 4.39 Å². The second-order valence-corrected chi connectivity index (χ2v) is 9.39. The van der Waals surface area contributed by atoms with Crippen LogP contribution in [0.2, 0.25) is 5.02 Å². The van der Waals surface area contributed by atoms with Crippen LogP contribution < -0.4 is 11.1 Å². The summed E-state index contributed by atoms with van der Waals surface area (Å²) in [4.78, 5) is 40.7. The summed E-state index contributed by atoms with van der Waals surface area (Å²) < 4.78 is 16.3. The van der Waals surface area contributed by atoms with Crippen molar-refractivity contribution in [2.24, 2.45) is 11.7 Å². The summed E-state index contributed by atoms with van der Waals surface area (Å²) in [5, 5.41) is 7.57. The lowest BCUT2D eigenvalue weighted by molar-refractivity contribution is -0.119. The van der Waals surface area contributed by atoms with Gasteiger partial charge in [-0.2, -0.15) is 5.10 Å². The second-order valence-electron chi connectivity index (χ2n) is 8.98. The minimum atomic E-state index is -0.736. The van der Waals surface area contributed by atoms with Gasteiger partial charge in [0.05, 0.1) is 23.2 Å². The maximum Gasteiger partial charge on any atom is 0.267 e. The number of nitrogens with one attached hydrogen (secondary N) is 1. The number of hydrogen-bond donors (Lipinski definition) is 2. The van der Waals surface area contributed by atoms with Gasteiger partial charge in [-0.1, -0.05) is 30.9 Å². The van der Waals surface area contributed by atoms with Crippen LogP contribution in [0.3, 0.4) is 0 Å². The number of aromatic nitrogens is 3. The molecular formula is C26H27ClFN5O3. The third-order valence-electron chi connectivity index (χ3n) is 6.62. The number of halogens is 2. The first-order chi connectivity index (χ1) is 17.3. The van der Waals surface area contributed by atoms with Gasteiger partial charge in [0.2, 0.25) is 5.91 Å². The monoisotopic (exact) mass is 511 g/mol. The highest BCUT2D eigenvalue weighted by Crippen LogP contribution is 2.37. The van der Waals surface area contributed by atoms with Crippen LogP contribution in [0.4, 0.5) is 10.1 Å². The summed E-state index contributed by atoms with van der Waals surface area (Å²) in [6.45, 7) is 1.59. The number of aldehydes is 1. The molecule has 4 rings (SSSR count). The van der Waals surface area contributed by atoms with Gasteiger partial charge in [-0.05, 0) is 56.0 Å². The normalized spacial score (nSPS) is 14.9. The van der Waals surface area contributed by atoms with E-state index in [-0.39, 0.29) is 35.3 Å². The van der Waals surface area contributed by atoms with Crippen LogP contribution in [0, 0.1) is 18.7 Å². The average molecular weight is 512 g/mol. The molecule has 0 radical (unpaired) electrons. The second kappa shape index (κ2) is 11.0. The molecule has 188 valence electrons. The van der Waals surface area contributed by atoms with Gasteiger partial charge < -0.3 is 15.8 Å². The Morgan fingerprint density at radius 1 is 1.25 bits per heavy atom. The number of benzene rings is 1. The van der Waals surface area contributed by atoms with Crippen LogP contribution in [-0.2, 0) is 16.1 Å². The quantitative estimate of drug-likeness (QED) is 0.427. The van der Waals surface area contributed by atoms with E-state index in [1.165, 1.54) is 16.8 Å². The van der Waals surface area contributed by atoms with E-state index in [1.807, 2.05) is 0 Å². The smallest absolute Gasteiger partial charge is 0.267 e. The molecule has 0 saturated heterocycles. The predicted molar refractivity (Wildman–Crippen MR) is 134 cm³/mol. The molecular weight excluding hydrogens is 485 g/mol. The number of nitrogens with zero attached hydrogens (tertiary/aromatic N) is 3. The van der Waals surface area contributed by atoms with Crippen molar-refractivity contribution in [1.29, 1.82) is 0 Å². The molecule has 36 heavy (non-hydrogen) atoms. The molecule has 2 amide bonds. The SMILES string of the molecule is Cc1nccc(Cl)c1-c1ccc(NC(=O)[C@H](c2cc(C(N)=O)n(CC=O)n2)C2CCCCC2)cc1F. The van der Waals surface area contributed by atoms with Crippen LogP contribution >= 0.6 is 11.6 Å². The van der Waals surface area contributed by atoms with Gasteiger partial charge in [0.25, 0.3) is 5.91 Å². The number of amides is 2. The van der Waals surface area contributed by atoms with E-state index < -0.39 is 17.6 Å². The highest BCUT2D eigenvalue weighted by atomic mass is 35.5. The van der Waals surface area contributed by atoms with Gasteiger partial charge in [-0.25, -0.2) is 4.39 Å². The molecule has 1 aliphatic carbocycles. The molecule has 0 bridgehead atoms. The van der Waals surface area contributed by atoms with Gasteiger partial charge in [0, 0.05) is 28.7 Å². The van der Waals surface area contributed by atoms with Gasteiger partial charge in [-0.3, -0.25) is 19.3 Å². The molecule has 2 heterocycles. The number of aryl methyl sites for hydroxylation is 1. The first-order valence-corrected chi connectivity index (χ1v) is 12.2. The Bertz CT molecular complexity index is 1280. The van der Waals surface area contributed by atoms with E-state index in [0.717, 1.165) is 32.1 Å². The van der Waals surface area contributed by atoms with Gasteiger partial charge in [0.1, 0.15) is 17.8 Å². The summed E-state index contributed by atoms with van der Waals surface area (Å²) in [6, 6.07) is 7.48. The Morgan fingerprint density at radius 2 is 2.00 bits per heavy atom. The highest BCUT2D eigenvalue weighted by Gasteiger charge is 2.34. The number of hydrogen-bond acceptors (Lipinski definition) is 5. The van der Waals surface area contributed by atoms with Gasteiger partial charge in [0.15, 0.2) is 0 Å². The topological polar surface area (TPSA) is 120 Å². The number of carbonyl (C=O) groups excluding carboxylic acids is 3. The molecule has 0 unspecified atom stereocenters. The minimum Gasteiger partial charge on any atom is -0.364 e. The molecule has 8 nitrogen and oxygen atoms in total. The fourth-order valence-corrected chi connectivity index (χ4v) is 5.22. The third-order valence-corrected chi connectivity index (χ3v) is 6.93. The molecule has 0 spiro atoms. The molecule has 1 aliphatic rings. The fourth-order valence-electron chi connectivity index (χ4n) is 4.93. The molecule has 1 fully saturated rings. The molecule has 2 aromatic heterocycles. The fraction of sp³-hybridized carbons (Fsp3) is 0.346. The Kier molecular flexibility index (Phi) is 7.79. The maximum atomic E-state index is 15.1. The molecule has 0 aliphatic heterocycles. The van der Waals surface area contributed by atoms with Crippen molar-refractivity contribution in [3.63, 3.8) is 0 Å². The molecule has 1 aromatic carbocycles. The molecule has 3 aromatic rings. The van der Waals surface area contributed by atoms with Crippen LogP contribution in [-0.4, -0.2) is 32.9 Å². The van der Waals surface area contributed by atoms with Crippen LogP contribution in [0.15, 0.2) is 36.5 Å². The van der Waals surface area contributed by atoms with Crippen LogP contribution in [0.25, 0.3) is 11.1 Å².